The molecule has 0 bridgehead atoms. The van der Waals surface area contributed by atoms with E-state index in [0.717, 1.165) is 18.4 Å². The number of aliphatic hydroxyl groups excluding tert-OH is 2. The van der Waals surface area contributed by atoms with Crippen molar-refractivity contribution in [3.8, 4) is 0 Å². The van der Waals surface area contributed by atoms with Crippen LogP contribution in [0.25, 0.3) is 0 Å². The molecule has 0 saturated carbocycles. The summed E-state index contributed by atoms with van der Waals surface area (Å²) in [4.78, 5) is 0. The summed E-state index contributed by atoms with van der Waals surface area (Å²) in [7, 11) is 0. The van der Waals surface area contributed by atoms with Gasteiger partial charge in [-0.2, -0.15) is 0 Å². The van der Waals surface area contributed by atoms with E-state index in [1.807, 2.05) is 13.8 Å². The molecule has 0 spiro atoms. The molecule has 72 valence electrons. The Morgan fingerprint density at radius 3 is 2.50 bits per heavy atom. The number of hydrogen-bond donors (Lipinski definition) is 2. The van der Waals surface area contributed by atoms with Crippen LogP contribution in [0.1, 0.15) is 33.1 Å². The molecule has 0 aliphatic heterocycles. The molecule has 2 N–H and O–H groups in total. The largest absolute Gasteiger partial charge is 0.396 e. The topological polar surface area (TPSA) is 40.5 Å². The number of rotatable bonds is 6. The molecule has 2 atom stereocenters. The summed E-state index contributed by atoms with van der Waals surface area (Å²) in [6, 6.07) is 0. The Morgan fingerprint density at radius 1 is 1.50 bits per heavy atom. The van der Waals surface area contributed by atoms with Gasteiger partial charge in [-0.3, -0.25) is 0 Å². The van der Waals surface area contributed by atoms with Gasteiger partial charge in [-0.25, -0.2) is 0 Å². The van der Waals surface area contributed by atoms with Gasteiger partial charge in [0.05, 0.1) is 6.10 Å². The molecule has 12 heavy (non-hydrogen) atoms. The van der Waals surface area contributed by atoms with Gasteiger partial charge in [0.25, 0.3) is 0 Å². The minimum atomic E-state index is -0.288. The molecule has 2 heteroatoms. The second-order valence-electron chi connectivity index (χ2n) is 3.67. The Kier molecular flexibility index (Phi) is 6.03. The fourth-order valence-corrected chi connectivity index (χ4v) is 1.29. The molecule has 0 heterocycles. The third-order valence-corrected chi connectivity index (χ3v) is 1.88. The van der Waals surface area contributed by atoms with Crippen molar-refractivity contribution in [3.05, 3.63) is 12.2 Å². The lowest BCUT2D eigenvalue weighted by Gasteiger charge is -2.15. The second kappa shape index (κ2) is 6.21. The van der Waals surface area contributed by atoms with Crippen molar-refractivity contribution in [3.63, 3.8) is 0 Å². The van der Waals surface area contributed by atoms with E-state index < -0.39 is 0 Å². The third-order valence-electron chi connectivity index (χ3n) is 1.88. The molecule has 0 unspecified atom stereocenters. The number of hydrogen-bond acceptors (Lipinski definition) is 2. The van der Waals surface area contributed by atoms with E-state index in [2.05, 4.69) is 6.58 Å². The zero-order valence-corrected chi connectivity index (χ0v) is 8.08. The molecular formula is C10H20O2. The van der Waals surface area contributed by atoms with Crippen LogP contribution in [-0.2, 0) is 0 Å². The molecule has 0 rings (SSSR count). The maximum atomic E-state index is 9.47. The standard InChI is InChI=1S/C10H20O2/c1-8(2)6-10(12)7-9(3)4-5-11/h9-12H,1,4-7H2,2-3H3/t9-,10-/m1/s1. The van der Waals surface area contributed by atoms with Gasteiger partial charge in [0.2, 0.25) is 0 Å². The molecule has 0 aromatic carbocycles. The van der Waals surface area contributed by atoms with Gasteiger partial charge in [0, 0.05) is 6.61 Å². The molecule has 0 saturated heterocycles. The molecule has 0 fully saturated rings. The Hall–Kier alpha value is -0.340. The van der Waals surface area contributed by atoms with E-state index in [1.54, 1.807) is 0 Å². The normalized spacial score (nSPS) is 15.7. The van der Waals surface area contributed by atoms with Crippen LogP contribution in [0.2, 0.25) is 0 Å². The highest BCUT2D eigenvalue weighted by molar-refractivity contribution is 4.90. The molecule has 2 nitrogen and oxygen atoms in total. The molecule has 0 aromatic heterocycles. The van der Waals surface area contributed by atoms with Gasteiger partial charge < -0.3 is 10.2 Å². The molecule has 0 radical (unpaired) electrons. The van der Waals surface area contributed by atoms with Crippen LogP contribution in [0.4, 0.5) is 0 Å². The Morgan fingerprint density at radius 2 is 2.08 bits per heavy atom. The van der Waals surface area contributed by atoms with E-state index in [0.29, 0.717) is 12.3 Å². The lowest BCUT2D eigenvalue weighted by atomic mass is 9.97. The van der Waals surface area contributed by atoms with Gasteiger partial charge in [-0.05, 0) is 32.1 Å². The average molecular weight is 172 g/mol. The van der Waals surface area contributed by atoms with Gasteiger partial charge in [0.15, 0.2) is 0 Å². The lowest BCUT2D eigenvalue weighted by Crippen LogP contribution is -2.12. The van der Waals surface area contributed by atoms with Crippen molar-refractivity contribution < 1.29 is 10.2 Å². The fourth-order valence-electron chi connectivity index (χ4n) is 1.29. The first kappa shape index (κ1) is 11.7. The van der Waals surface area contributed by atoms with E-state index in [-0.39, 0.29) is 12.7 Å². The van der Waals surface area contributed by atoms with Crippen molar-refractivity contribution in [2.24, 2.45) is 5.92 Å². The van der Waals surface area contributed by atoms with Gasteiger partial charge in [0.1, 0.15) is 0 Å². The summed E-state index contributed by atoms with van der Waals surface area (Å²) in [6.45, 7) is 7.90. The molecule has 0 aliphatic rings. The lowest BCUT2D eigenvalue weighted by molar-refractivity contribution is 0.136. The second-order valence-corrected chi connectivity index (χ2v) is 3.67. The van der Waals surface area contributed by atoms with E-state index >= 15 is 0 Å². The van der Waals surface area contributed by atoms with Gasteiger partial charge in [-0.15, -0.1) is 6.58 Å². The van der Waals surface area contributed by atoms with Crippen LogP contribution < -0.4 is 0 Å². The number of aliphatic hydroxyl groups is 2. The van der Waals surface area contributed by atoms with Crippen molar-refractivity contribution in [1.82, 2.24) is 0 Å². The van der Waals surface area contributed by atoms with E-state index in [4.69, 9.17) is 5.11 Å². The van der Waals surface area contributed by atoms with Crippen LogP contribution in [0.3, 0.4) is 0 Å². The molecule has 0 aromatic rings. The summed E-state index contributed by atoms with van der Waals surface area (Å²) in [5.74, 6) is 0.393. The minimum absolute atomic E-state index is 0.209. The SMILES string of the molecule is C=C(C)C[C@@H](O)C[C@H](C)CCO. The van der Waals surface area contributed by atoms with Crippen molar-refractivity contribution >= 4 is 0 Å². The molecule has 0 amide bonds. The first-order valence-corrected chi connectivity index (χ1v) is 4.49. The van der Waals surface area contributed by atoms with Crippen molar-refractivity contribution in [2.45, 2.75) is 39.2 Å². The molecular weight excluding hydrogens is 152 g/mol. The third kappa shape index (κ3) is 6.38. The minimum Gasteiger partial charge on any atom is -0.396 e. The van der Waals surface area contributed by atoms with Crippen LogP contribution in [0, 0.1) is 5.92 Å². The average Bonchev–Trinajstić information content (AvgIpc) is 1.84. The van der Waals surface area contributed by atoms with Crippen LogP contribution in [0.15, 0.2) is 12.2 Å². The Labute approximate surface area is 74.9 Å². The predicted octanol–water partition coefficient (Wildman–Crippen LogP) is 1.72. The van der Waals surface area contributed by atoms with E-state index in [9.17, 15) is 5.11 Å². The maximum absolute atomic E-state index is 9.47. The molecule has 0 aliphatic carbocycles. The van der Waals surface area contributed by atoms with Crippen molar-refractivity contribution in [1.29, 1.82) is 0 Å². The Balaban J connectivity index is 3.53. The van der Waals surface area contributed by atoms with Crippen LogP contribution in [-0.4, -0.2) is 22.9 Å². The highest BCUT2D eigenvalue weighted by Gasteiger charge is 2.09. The predicted molar refractivity (Wildman–Crippen MR) is 50.9 cm³/mol. The first-order chi connectivity index (χ1) is 5.56. The van der Waals surface area contributed by atoms with Gasteiger partial charge >= 0.3 is 0 Å². The van der Waals surface area contributed by atoms with Crippen LogP contribution >= 0.6 is 0 Å². The highest BCUT2D eigenvalue weighted by atomic mass is 16.3. The van der Waals surface area contributed by atoms with E-state index in [1.165, 1.54) is 0 Å². The van der Waals surface area contributed by atoms with Crippen LogP contribution in [0.5, 0.6) is 0 Å². The highest BCUT2D eigenvalue weighted by Crippen LogP contribution is 2.14. The van der Waals surface area contributed by atoms with Gasteiger partial charge in [-0.1, -0.05) is 12.5 Å². The summed E-state index contributed by atoms with van der Waals surface area (Å²) in [5.41, 5.74) is 1.01. The summed E-state index contributed by atoms with van der Waals surface area (Å²) < 4.78 is 0. The first-order valence-electron chi connectivity index (χ1n) is 4.49. The fraction of sp³-hybridized carbons (Fsp3) is 0.800. The Bertz CT molecular complexity index is 132. The smallest absolute Gasteiger partial charge is 0.0579 e. The summed E-state index contributed by atoms with van der Waals surface area (Å²) >= 11 is 0. The zero-order chi connectivity index (χ0) is 9.56. The monoisotopic (exact) mass is 172 g/mol. The van der Waals surface area contributed by atoms with Crippen molar-refractivity contribution in [2.75, 3.05) is 6.61 Å². The summed E-state index contributed by atoms with van der Waals surface area (Å²) in [6.07, 6.45) is 1.92. The zero-order valence-electron chi connectivity index (χ0n) is 8.08. The summed E-state index contributed by atoms with van der Waals surface area (Å²) in [5, 5.41) is 18.1. The quantitative estimate of drug-likeness (QED) is 0.599. The maximum Gasteiger partial charge on any atom is 0.0579 e.